The van der Waals surface area contributed by atoms with Crippen LogP contribution >= 0.6 is 11.8 Å². The molecule has 0 spiro atoms. The van der Waals surface area contributed by atoms with Gasteiger partial charge in [0.15, 0.2) is 0 Å². The Hall–Kier alpha value is -0.960. The van der Waals surface area contributed by atoms with Crippen LogP contribution in [0.2, 0.25) is 0 Å². The van der Waals surface area contributed by atoms with E-state index in [2.05, 4.69) is 32.0 Å². The summed E-state index contributed by atoms with van der Waals surface area (Å²) in [6.07, 6.45) is 0. The van der Waals surface area contributed by atoms with E-state index in [9.17, 15) is 4.79 Å². The van der Waals surface area contributed by atoms with E-state index in [0.717, 1.165) is 0 Å². The molecule has 1 aromatic carbocycles. The Morgan fingerprint density at radius 3 is 2.44 bits per heavy atom. The van der Waals surface area contributed by atoms with Gasteiger partial charge in [-0.05, 0) is 32.4 Å². The first-order valence-corrected chi connectivity index (χ1v) is 6.25. The minimum Gasteiger partial charge on any atom is -0.348 e. The van der Waals surface area contributed by atoms with Crippen molar-refractivity contribution < 1.29 is 4.79 Å². The van der Waals surface area contributed by atoms with Gasteiger partial charge in [0.1, 0.15) is 0 Å². The molecule has 0 saturated heterocycles. The van der Waals surface area contributed by atoms with Crippen molar-refractivity contribution in [1.29, 1.82) is 0 Å². The summed E-state index contributed by atoms with van der Waals surface area (Å²) in [5, 5.41) is -0.0311. The Balaban J connectivity index is 2.77. The number of carbonyl (C=O) groups excluding carboxylic acids is 1. The van der Waals surface area contributed by atoms with Crippen LogP contribution in [0.3, 0.4) is 0 Å². The van der Waals surface area contributed by atoms with Crippen LogP contribution in [0.25, 0.3) is 0 Å². The largest absolute Gasteiger partial charge is 0.348 e. The summed E-state index contributed by atoms with van der Waals surface area (Å²) in [5.41, 5.74) is 2.50. The van der Waals surface area contributed by atoms with E-state index < -0.39 is 0 Å². The zero-order chi connectivity index (χ0) is 12.3. The summed E-state index contributed by atoms with van der Waals surface area (Å²) in [7, 11) is 3.59. The normalized spacial score (nSPS) is 12.3. The molecule has 0 aliphatic heterocycles. The van der Waals surface area contributed by atoms with Gasteiger partial charge in [0.25, 0.3) is 0 Å². The van der Waals surface area contributed by atoms with Crippen LogP contribution in [-0.2, 0) is 4.79 Å². The lowest BCUT2D eigenvalue weighted by molar-refractivity contribution is -0.127. The molecule has 1 amide bonds. The molecule has 1 rings (SSSR count). The molecule has 88 valence electrons. The van der Waals surface area contributed by atoms with Crippen LogP contribution in [0.5, 0.6) is 0 Å². The fraction of sp³-hybridized carbons (Fsp3) is 0.462. The molecule has 3 heteroatoms. The van der Waals surface area contributed by atoms with E-state index in [1.54, 1.807) is 30.8 Å². The third-order valence-corrected chi connectivity index (χ3v) is 3.69. The van der Waals surface area contributed by atoms with Gasteiger partial charge in [0.2, 0.25) is 5.91 Å². The summed E-state index contributed by atoms with van der Waals surface area (Å²) in [5.74, 6) is 0.157. The molecule has 0 N–H and O–H groups in total. The highest BCUT2D eigenvalue weighted by molar-refractivity contribution is 8.00. The number of aryl methyl sites for hydroxylation is 2. The molecule has 1 aromatic rings. The smallest absolute Gasteiger partial charge is 0.235 e. The molecule has 0 radical (unpaired) electrons. The van der Waals surface area contributed by atoms with Gasteiger partial charge < -0.3 is 4.90 Å². The van der Waals surface area contributed by atoms with E-state index in [1.807, 2.05) is 6.92 Å². The highest BCUT2D eigenvalue weighted by Gasteiger charge is 2.16. The van der Waals surface area contributed by atoms with Gasteiger partial charge in [-0.25, -0.2) is 0 Å². The van der Waals surface area contributed by atoms with E-state index in [4.69, 9.17) is 0 Å². The summed E-state index contributed by atoms with van der Waals surface area (Å²) in [6.45, 7) is 6.12. The van der Waals surface area contributed by atoms with Crippen LogP contribution < -0.4 is 0 Å². The van der Waals surface area contributed by atoms with E-state index in [1.165, 1.54) is 16.0 Å². The highest BCUT2D eigenvalue weighted by atomic mass is 32.2. The van der Waals surface area contributed by atoms with Gasteiger partial charge >= 0.3 is 0 Å². The summed E-state index contributed by atoms with van der Waals surface area (Å²) in [4.78, 5) is 14.6. The molecule has 1 unspecified atom stereocenters. The third-order valence-electron chi connectivity index (χ3n) is 2.42. The second kappa shape index (κ2) is 5.39. The minimum absolute atomic E-state index is 0.0311. The fourth-order valence-electron chi connectivity index (χ4n) is 1.54. The minimum atomic E-state index is -0.0311. The lowest BCUT2D eigenvalue weighted by Crippen LogP contribution is -2.29. The Labute approximate surface area is 102 Å². The second-order valence-corrected chi connectivity index (χ2v) is 5.64. The maximum Gasteiger partial charge on any atom is 0.235 e. The fourth-order valence-corrected chi connectivity index (χ4v) is 2.62. The van der Waals surface area contributed by atoms with Crippen molar-refractivity contribution in [1.82, 2.24) is 4.90 Å². The molecule has 16 heavy (non-hydrogen) atoms. The number of nitrogens with zero attached hydrogens (tertiary/aromatic N) is 1. The van der Waals surface area contributed by atoms with Gasteiger partial charge in [-0.15, -0.1) is 11.8 Å². The van der Waals surface area contributed by atoms with E-state index >= 15 is 0 Å². The first-order valence-electron chi connectivity index (χ1n) is 5.37. The monoisotopic (exact) mass is 237 g/mol. The predicted molar refractivity (Wildman–Crippen MR) is 69.9 cm³/mol. The molecular formula is C13H19NOS. The number of benzene rings is 1. The lowest BCUT2D eigenvalue weighted by atomic mass is 10.2. The summed E-state index contributed by atoms with van der Waals surface area (Å²) in [6, 6.07) is 6.33. The maximum absolute atomic E-state index is 11.7. The van der Waals surface area contributed by atoms with Crippen molar-refractivity contribution in [2.45, 2.75) is 30.9 Å². The number of carbonyl (C=O) groups is 1. The standard InChI is InChI=1S/C13H19NOS/c1-9-6-7-12(10(2)8-9)16-11(3)13(15)14(4)5/h6-8,11H,1-5H3. The van der Waals surface area contributed by atoms with Gasteiger partial charge in [0, 0.05) is 19.0 Å². The van der Waals surface area contributed by atoms with Crippen molar-refractivity contribution in [3.8, 4) is 0 Å². The van der Waals surface area contributed by atoms with Crippen molar-refractivity contribution in [3.63, 3.8) is 0 Å². The zero-order valence-electron chi connectivity index (χ0n) is 10.6. The molecule has 0 aliphatic carbocycles. The Morgan fingerprint density at radius 1 is 1.31 bits per heavy atom. The number of thioether (sulfide) groups is 1. The second-order valence-electron chi connectivity index (χ2n) is 4.26. The van der Waals surface area contributed by atoms with Gasteiger partial charge in [-0.2, -0.15) is 0 Å². The molecule has 0 aliphatic rings. The first kappa shape index (κ1) is 13.1. The number of hydrogen-bond acceptors (Lipinski definition) is 2. The number of hydrogen-bond donors (Lipinski definition) is 0. The van der Waals surface area contributed by atoms with Crippen LogP contribution in [0.4, 0.5) is 0 Å². The molecule has 1 atom stereocenters. The number of rotatable bonds is 3. The summed E-state index contributed by atoms with van der Waals surface area (Å²) < 4.78 is 0. The average Bonchev–Trinajstić information content (AvgIpc) is 2.20. The molecule has 0 fully saturated rings. The quantitative estimate of drug-likeness (QED) is 0.753. The molecule has 0 saturated carbocycles. The SMILES string of the molecule is Cc1ccc(SC(C)C(=O)N(C)C)c(C)c1. The predicted octanol–water partition coefficient (Wildman–Crippen LogP) is 2.87. The molecule has 0 bridgehead atoms. The first-order chi connectivity index (χ1) is 7.41. The summed E-state index contributed by atoms with van der Waals surface area (Å²) >= 11 is 1.62. The van der Waals surface area contributed by atoms with Gasteiger partial charge in [-0.3, -0.25) is 4.79 Å². The van der Waals surface area contributed by atoms with Gasteiger partial charge in [-0.1, -0.05) is 17.7 Å². The van der Waals surface area contributed by atoms with E-state index in [0.29, 0.717) is 0 Å². The molecular weight excluding hydrogens is 218 g/mol. The Bertz CT molecular complexity index is 388. The third kappa shape index (κ3) is 3.27. The highest BCUT2D eigenvalue weighted by Crippen LogP contribution is 2.27. The average molecular weight is 237 g/mol. The molecule has 0 aromatic heterocycles. The van der Waals surface area contributed by atoms with Crippen molar-refractivity contribution in [3.05, 3.63) is 29.3 Å². The van der Waals surface area contributed by atoms with Crippen molar-refractivity contribution in [2.24, 2.45) is 0 Å². The lowest BCUT2D eigenvalue weighted by Gasteiger charge is -2.17. The topological polar surface area (TPSA) is 20.3 Å². The molecule has 2 nitrogen and oxygen atoms in total. The molecule has 0 heterocycles. The maximum atomic E-state index is 11.7. The van der Waals surface area contributed by atoms with Crippen molar-refractivity contribution in [2.75, 3.05) is 14.1 Å². The van der Waals surface area contributed by atoms with Crippen LogP contribution in [0, 0.1) is 13.8 Å². The van der Waals surface area contributed by atoms with Crippen LogP contribution in [0.1, 0.15) is 18.1 Å². The Morgan fingerprint density at radius 2 is 1.94 bits per heavy atom. The zero-order valence-corrected chi connectivity index (χ0v) is 11.4. The number of amides is 1. The Kier molecular flexibility index (Phi) is 4.42. The van der Waals surface area contributed by atoms with E-state index in [-0.39, 0.29) is 11.2 Å². The van der Waals surface area contributed by atoms with Crippen LogP contribution in [-0.4, -0.2) is 30.2 Å². The van der Waals surface area contributed by atoms with Crippen LogP contribution in [0.15, 0.2) is 23.1 Å². The van der Waals surface area contributed by atoms with Gasteiger partial charge in [0.05, 0.1) is 5.25 Å². The van der Waals surface area contributed by atoms with Crippen molar-refractivity contribution >= 4 is 17.7 Å².